The van der Waals surface area contributed by atoms with Crippen LogP contribution in [-0.2, 0) is 10.2 Å². The summed E-state index contributed by atoms with van der Waals surface area (Å²) in [6.45, 7) is 3.02. The van der Waals surface area contributed by atoms with Gasteiger partial charge in [0, 0.05) is 24.4 Å². The summed E-state index contributed by atoms with van der Waals surface area (Å²) in [5, 5.41) is 3.10. The zero-order valence-electron chi connectivity index (χ0n) is 12.1. The second-order valence-corrected chi connectivity index (χ2v) is 5.71. The van der Waals surface area contributed by atoms with Crippen molar-refractivity contribution in [1.82, 2.24) is 5.32 Å². The molecule has 1 amide bonds. The third kappa shape index (κ3) is 3.74. The van der Waals surface area contributed by atoms with Crippen LogP contribution in [0.3, 0.4) is 0 Å². The fourth-order valence-corrected chi connectivity index (χ4v) is 2.95. The Kier molecular flexibility index (Phi) is 6.50. The fourth-order valence-electron chi connectivity index (χ4n) is 2.95. The Morgan fingerprint density at radius 3 is 2.45 bits per heavy atom. The van der Waals surface area contributed by atoms with Gasteiger partial charge in [0.25, 0.3) is 0 Å². The van der Waals surface area contributed by atoms with Crippen molar-refractivity contribution < 1.29 is 4.79 Å². The zero-order valence-corrected chi connectivity index (χ0v) is 12.9. The molecule has 20 heavy (non-hydrogen) atoms. The van der Waals surface area contributed by atoms with E-state index in [-0.39, 0.29) is 29.6 Å². The van der Waals surface area contributed by atoms with Crippen LogP contribution in [0.1, 0.15) is 38.2 Å². The molecule has 1 aliphatic carbocycles. The molecule has 0 heterocycles. The van der Waals surface area contributed by atoms with Gasteiger partial charge in [-0.1, -0.05) is 50.1 Å². The molecular weight excluding hydrogens is 272 g/mol. The molecule has 1 aromatic carbocycles. The molecule has 0 bridgehead atoms. The van der Waals surface area contributed by atoms with Gasteiger partial charge in [-0.05, 0) is 18.4 Å². The third-order valence-corrected chi connectivity index (χ3v) is 4.35. The van der Waals surface area contributed by atoms with Crippen molar-refractivity contribution in [2.75, 3.05) is 13.1 Å². The summed E-state index contributed by atoms with van der Waals surface area (Å²) < 4.78 is 0. The standard InChI is InChI=1S/C16H24N2O.ClH/c1-13(11-17)15(19)18-12-16(9-5-6-10-16)14-7-3-2-4-8-14;/h2-4,7-8,13H,5-6,9-12,17H2,1H3,(H,18,19);1H. The van der Waals surface area contributed by atoms with E-state index in [1.54, 1.807) is 0 Å². The second kappa shape index (κ2) is 7.65. The summed E-state index contributed by atoms with van der Waals surface area (Å²) in [7, 11) is 0. The van der Waals surface area contributed by atoms with E-state index in [0.717, 1.165) is 19.4 Å². The summed E-state index contributed by atoms with van der Waals surface area (Å²) in [5.41, 5.74) is 7.02. The largest absolute Gasteiger partial charge is 0.355 e. The van der Waals surface area contributed by atoms with Gasteiger partial charge < -0.3 is 11.1 Å². The maximum absolute atomic E-state index is 11.9. The number of amides is 1. The average Bonchev–Trinajstić information content (AvgIpc) is 2.95. The van der Waals surface area contributed by atoms with Crippen molar-refractivity contribution in [2.45, 2.75) is 38.0 Å². The lowest BCUT2D eigenvalue weighted by Crippen LogP contribution is -2.42. The van der Waals surface area contributed by atoms with E-state index in [1.807, 2.05) is 13.0 Å². The highest BCUT2D eigenvalue weighted by Crippen LogP contribution is 2.40. The first-order valence-electron chi connectivity index (χ1n) is 7.21. The Balaban J connectivity index is 0.00000200. The highest BCUT2D eigenvalue weighted by molar-refractivity contribution is 5.85. The van der Waals surface area contributed by atoms with Crippen LogP contribution in [0.5, 0.6) is 0 Å². The summed E-state index contributed by atoms with van der Waals surface area (Å²) in [6, 6.07) is 10.6. The molecule has 1 fully saturated rings. The van der Waals surface area contributed by atoms with Crippen LogP contribution in [0.4, 0.5) is 0 Å². The molecule has 3 N–H and O–H groups in total. The van der Waals surface area contributed by atoms with E-state index in [4.69, 9.17) is 5.73 Å². The van der Waals surface area contributed by atoms with Gasteiger partial charge in [-0.25, -0.2) is 0 Å². The molecule has 0 saturated heterocycles. The molecular formula is C16H25ClN2O. The fraction of sp³-hybridized carbons (Fsp3) is 0.562. The number of carbonyl (C=O) groups is 1. The Morgan fingerprint density at radius 1 is 1.30 bits per heavy atom. The molecule has 4 heteroatoms. The molecule has 0 aliphatic heterocycles. The molecule has 1 unspecified atom stereocenters. The quantitative estimate of drug-likeness (QED) is 0.877. The maximum Gasteiger partial charge on any atom is 0.224 e. The lowest BCUT2D eigenvalue weighted by Gasteiger charge is -2.30. The zero-order chi connectivity index (χ0) is 13.7. The van der Waals surface area contributed by atoms with Gasteiger partial charge in [-0.2, -0.15) is 0 Å². The number of carbonyl (C=O) groups excluding carboxylic acids is 1. The van der Waals surface area contributed by atoms with Crippen molar-refractivity contribution in [3.05, 3.63) is 35.9 Å². The molecule has 1 saturated carbocycles. The number of hydrogen-bond donors (Lipinski definition) is 2. The average molecular weight is 297 g/mol. The molecule has 1 aliphatic rings. The van der Waals surface area contributed by atoms with Gasteiger partial charge in [-0.15, -0.1) is 12.4 Å². The van der Waals surface area contributed by atoms with Crippen molar-refractivity contribution in [1.29, 1.82) is 0 Å². The first-order chi connectivity index (χ1) is 9.18. The number of rotatable bonds is 5. The molecule has 0 spiro atoms. The normalized spacial score (nSPS) is 18.1. The van der Waals surface area contributed by atoms with Crippen LogP contribution >= 0.6 is 12.4 Å². The van der Waals surface area contributed by atoms with Gasteiger partial charge >= 0.3 is 0 Å². The molecule has 1 aromatic rings. The van der Waals surface area contributed by atoms with Crippen LogP contribution in [0.2, 0.25) is 0 Å². The summed E-state index contributed by atoms with van der Waals surface area (Å²) >= 11 is 0. The first kappa shape index (κ1) is 17.0. The Labute approximate surface area is 127 Å². The molecule has 2 rings (SSSR count). The third-order valence-electron chi connectivity index (χ3n) is 4.35. The Hall–Kier alpha value is -1.06. The van der Waals surface area contributed by atoms with Gasteiger partial charge in [-0.3, -0.25) is 4.79 Å². The minimum absolute atomic E-state index is 0. The van der Waals surface area contributed by atoms with Crippen molar-refractivity contribution >= 4 is 18.3 Å². The minimum atomic E-state index is -0.103. The Morgan fingerprint density at radius 2 is 1.90 bits per heavy atom. The summed E-state index contributed by atoms with van der Waals surface area (Å²) in [4.78, 5) is 11.9. The van der Waals surface area contributed by atoms with Gasteiger partial charge in [0.15, 0.2) is 0 Å². The van der Waals surface area contributed by atoms with Crippen molar-refractivity contribution in [2.24, 2.45) is 11.7 Å². The second-order valence-electron chi connectivity index (χ2n) is 5.71. The van der Waals surface area contributed by atoms with Crippen LogP contribution in [0, 0.1) is 5.92 Å². The monoisotopic (exact) mass is 296 g/mol. The SMILES string of the molecule is CC(CN)C(=O)NCC1(c2ccccc2)CCCC1.Cl. The molecule has 3 nitrogen and oxygen atoms in total. The summed E-state index contributed by atoms with van der Waals surface area (Å²) in [6.07, 6.45) is 4.82. The Bertz CT molecular complexity index is 416. The van der Waals surface area contributed by atoms with Gasteiger partial charge in [0.2, 0.25) is 5.91 Å². The van der Waals surface area contributed by atoms with Crippen molar-refractivity contribution in [3.63, 3.8) is 0 Å². The van der Waals surface area contributed by atoms with Gasteiger partial charge in [0.05, 0.1) is 0 Å². The van der Waals surface area contributed by atoms with Crippen molar-refractivity contribution in [3.8, 4) is 0 Å². The summed E-state index contributed by atoms with van der Waals surface area (Å²) in [5.74, 6) is -0.0288. The predicted octanol–water partition coefficient (Wildman–Crippen LogP) is 2.63. The maximum atomic E-state index is 11.9. The first-order valence-corrected chi connectivity index (χ1v) is 7.21. The molecule has 0 radical (unpaired) electrons. The number of benzene rings is 1. The number of hydrogen-bond acceptors (Lipinski definition) is 2. The number of nitrogens with two attached hydrogens (primary N) is 1. The number of halogens is 1. The molecule has 112 valence electrons. The highest BCUT2D eigenvalue weighted by atomic mass is 35.5. The van der Waals surface area contributed by atoms with E-state index < -0.39 is 0 Å². The topological polar surface area (TPSA) is 55.1 Å². The van der Waals surface area contributed by atoms with E-state index in [0.29, 0.717) is 6.54 Å². The molecule has 0 aromatic heterocycles. The molecule has 1 atom stereocenters. The number of nitrogens with one attached hydrogen (secondary N) is 1. The van der Waals surface area contributed by atoms with Crippen LogP contribution in [0.25, 0.3) is 0 Å². The van der Waals surface area contributed by atoms with E-state index in [1.165, 1.54) is 18.4 Å². The minimum Gasteiger partial charge on any atom is -0.355 e. The van der Waals surface area contributed by atoms with Crippen LogP contribution in [0.15, 0.2) is 30.3 Å². The van der Waals surface area contributed by atoms with Crippen LogP contribution in [-0.4, -0.2) is 19.0 Å². The predicted molar refractivity (Wildman–Crippen MR) is 85.1 cm³/mol. The van der Waals surface area contributed by atoms with Crippen LogP contribution < -0.4 is 11.1 Å². The lowest BCUT2D eigenvalue weighted by atomic mass is 9.78. The lowest BCUT2D eigenvalue weighted by molar-refractivity contribution is -0.124. The smallest absolute Gasteiger partial charge is 0.224 e. The van der Waals surface area contributed by atoms with E-state index >= 15 is 0 Å². The van der Waals surface area contributed by atoms with E-state index in [2.05, 4.69) is 29.6 Å². The van der Waals surface area contributed by atoms with Gasteiger partial charge in [0.1, 0.15) is 0 Å². The highest BCUT2D eigenvalue weighted by Gasteiger charge is 2.35. The van der Waals surface area contributed by atoms with E-state index in [9.17, 15) is 4.79 Å².